The second kappa shape index (κ2) is 4.24. The first-order valence-corrected chi connectivity index (χ1v) is 6.11. The number of nitrogens with one attached hydrogen (secondary N) is 2. The summed E-state index contributed by atoms with van der Waals surface area (Å²) in [4.78, 5) is 16.0. The number of halogens is 2. The van der Waals surface area contributed by atoms with Gasteiger partial charge in [0.05, 0.1) is 5.02 Å². The Morgan fingerprint density at radius 2 is 2.22 bits per heavy atom. The third-order valence-electron chi connectivity index (χ3n) is 2.93. The molecule has 1 heterocycles. The molecular weight excluding hydrogens is 257 g/mol. The number of benzene rings is 1. The van der Waals surface area contributed by atoms with E-state index in [-0.39, 0.29) is 10.9 Å². The van der Waals surface area contributed by atoms with Crippen LogP contribution in [0, 0.1) is 5.82 Å². The fraction of sp³-hybridized carbons (Fsp3) is 0.333. The summed E-state index contributed by atoms with van der Waals surface area (Å²) < 4.78 is 13.3. The van der Waals surface area contributed by atoms with Gasteiger partial charge in [0, 0.05) is 6.04 Å². The molecule has 0 radical (unpaired) electrons. The molecule has 4 nitrogen and oxygen atoms in total. The van der Waals surface area contributed by atoms with Gasteiger partial charge in [-0.25, -0.2) is 9.38 Å². The number of amides is 1. The maximum absolute atomic E-state index is 13.3. The molecule has 94 valence electrons. The van der Waals surface area contributed by atoms with Crippen molar-refractivity contribution in [2.24, 2.45) is 4.99 Å². The second-order valence-corrected chi connectivity index (χ2v) is 4.87. The van der Waals surface area contributed by atoms with Gasteiger partial charge in [-0.15, -0.1) is 0 Å². The molecule has 1 amide bonds. The van der Waals surface area contributed by atoms with Gasteiger partial charge in [-0.3, -0.25) is 10.1 Å². The van der Waals surface area contributed by atoms with Crippen molar-refractivity contribution in [2.75, 3.05) is 0 Å². The predicted molar refractivity (Wildman–Crippen MR) is 65.9 cm³/mol. The Bertz CT molecular complexity index is 542. The van der Waals surface area contributed by atoms with Crippen LogP contribution in [0.1, 0.15) is 24.4 Å². The molecule has 2 N–H and O–H groups in total. The van der Waals surface area contributed by atoms with Crippen molar-refractivity contribution in [1.29, 1.82) is 0 Å². The van der Waals surface area contributed by atoms with Crippen molar-refractivity contribution < 1.29 is 9.18 Å². The number of carbonyl (C=O) groups is 1. The van der Waals surface area contributed by atoms with Crippen molar-refractivity contribution >= 4 is 23.5 Å². The average molecular weight is 268 g/mol. The van der Waals surface area contributed by atoms with Gasteiger partial charge < -0.3 is 5.32 Å². The average Bonchev–Trinajstić information content (AvgIpc) is 3.06. The number of carbonyl (C=O) groups excluding carboxylic acids is 1. The highest BCUT2D eigenvalue weighted by atomic mass is 35.5. The first kappa shape index (κ1) is 11.5. The zero-order valence-corrected chi connectivity index (χ0v) is 10.2. The highest BCUT2D eigenvalue weighted by Crippen LogP contribution is 2.26. The molecular formula is C12H11ClFN3O. The van der Waals surface area contributed by atoms with Crippen LogP contribution in [0.2, 0.25) is 5.02 Å². The lowest BCUT2D eigenvalue weighted by molar-refractivity contribution is -0.120. The van der Waals surface area contributed by atoms with Gasteiger partial charge in [0.2, 0.25) is 0 Å². The molecule has 6 heteroatoms. The van der Waals surface area contributed by atoms with Crippen molar-refractivity contribution in [3.63, 3.8) is 0 Å². The maximum atomic E-state index is 13.3. The molecule has 0 aromatic heterocycles. The minimum atomic E-state index is -0.696. The molecule has 1 unspecified atom stereocenters. The van der Waals surface area contributed by atoms with Crippen molar-refractivity contribution in [2.45, 2.75) is 24.9 Å². The number of guanidine groups is 1. The van der Waals surface area contributed by atoms with E-state index in [0.29, 0.717) is 17.6 Å². The quantitative estimate of drug-likeness (QED) is 0.858. The lowest BCUT2D eigenvalue weighted by Crippen LogP contribution is -2.37. The Morgan fingerprint density at radius 1 is 1.44 bits per heavy atom. The van der Waals surface area contributed by atoms with Gasteiger partial charge in [-0.2, -0.15) is 0 Å². The lowest BCUT2D eigenvalue weighted by atomic mass is 10.1. The zero-order valence-electron chi connectivity index (χ0n) is 9.41. The summed E-state index contributed by atoms with van der Waals surface area (Å²) in [6.07, 6.45) is 2.18. The Hall–Kier alpha value is -1.62. The second-order valence-electron chi connectivity index (χ2n) is 4.46. The molecule has 1 aliphatic carbocycles. The maximum Gasteiger partial charge on any atom is 0.256 e. The Balaban J connectivity index is 1.83. The van der Waals surface area contributed by atoms with Gasteiger partial charge in [0.15, 0.2) is 12.0 Å². The molecule has 1 fully saturated rings. The molecule has 1 saturated carbocycles. The monoisotopic (exact) mass is 267 g/mol. The smallest absolute Gasteiger partial charge is 0.256 e. The minimum Gasteiger partial charge on any atom is -0.353 e. The molecule has 1 aliphatic heterocycles. The van der Waals surface area contributed by atoms with E-state index in [2.05, 4.69) is 15.6 Å². The van der Waals surface area contributed by atoms with E-state index in [1.165, 1.54) is 12.1 Å². The highest BCUT2D eigenvalue weighted by Gasteiger charge is 2.31. The van der Waals surface area contributed by atoms with E-state index in [1.54, 1.807) is 6.07 Å². The van der Waals surface area contributed by atoms with Crippen LogP contribution in [0.4, 0.5) is 4.39 Å². The van der Waals surface area contributed by atoms with Crippen molar-refractivity contribution in [3.05, 3.63) is 34.6 Å². The first-order chi connectivity index (χ1) is 8.63. The van der Waals surface area contributed by atoms with E-state index in [0.717, 1.165) is 12.8 Å². The van der Waals surface area contributed by atoms with Crippen LogP contribution in [0.3, 0.4) is 0 Å². The molecule has 18 heavy (non-hydrogen) atoms. The van der Waals surface area contributed by atoms with Crippen LogP contribution in [-0.4, -0.2) is 17.9 Å². The molecule has 0 spiro atoms. The van der Waals surface area contributed by atoms with Crippen molar-refractivity contribution in [3.8, 4) is 0 Å². The van der Waals surface area contributed by atoms with E-state index in [4.69, 9.17) is 11.6 Å². The summed E-state index contributed by atoms with van der Waals surface area (Å²) in [5.41, 5.74) is 0.502. The number of hydrogen-bond donors (Lipinski definition) is 2. The summed E-state index contributed by atoms with van der Waals surface area (Å²) in [6, 6.07) is 4.00. The molecule has 0 bridgehead atoms. The Morgan fingerprint density at radius 3 is 2.89 bits per heavy atom. The number of aliphatic imine (C=N–C) groups is 1. The standard InChI is InChI=1S/C12H11ClFN3O/c13-8-4-1-6(5-9(8)14)10-11(18)17-12(16-10)15-7-2-3-7/h1,4-5,7,10H,2-3H2,(H2,15,16,17,18). The minimum absolute atomic E-state index is 0.0393. The third-order valence-corrected chi connectivity index (χ3v) is 3.23. The third kappa shape index (κ3) is 2.18. The summed E-state index contributed by atoms with van der Waals surface area (Å²) in [5, 5.41) is 5.80. The van der Waals surface area contributed by atoms with Crippen LogP contribution in [-0.2, 0) is 4.79 Å². The fourth-order valence-electron chi connectivity index (χ4n) is 1.81. The van der Waals surface area contributed by atoms with Crippen LogP contribution < -0.4 is 10.6 Å². The predicted octanol–water partition coefficient (Wildman–Crippen LogP) is 1.76. The molecule has 1 aromatic carbocycles. The van der Waals surface area contributed by atoms with E-state index >= 15 is 0 Å². The summed E-state index contributed by atoms with van der Waals surface area (Å²) in [5.74, 6) is -0.316. The van der Waals surface area contributed by atoms with Gasteiger partial charge >= 0.3 is 0 Å². The summed E-state index contributed by atoms with van der Waals surface area (Å²) in [7, 11) is 0. The van der Waals surface area contributed by atoms with Gasteiger partial charge in [0.25, 0.3) is 5.91 Å². The van der Waals surface area contributed by atoms with E-state index in [9.17, 15) is 9.18 Å². The van der Waals surface area contributed by atoms with Crippen LogP contribution in [0.15, 0.2) is 23.2 Å². The fourth-order valence-corrected chi connectivity index (χ4v) is 1.93. The zero-order chi connectivity index (χ0) is 12.7. The SMILES string of the molecule is O=C1NC(NC2CC2)=NC1c1ccc(Cl)c(F)c1. The Labute approximate surface area is 108 Å². The lowest BCUT2D eigenvalue weighted by Gasteiger charge is -2.05. The van der Waals surface area contributed by atoms with Gasteiger partial charge in [-0.05, 0) is 30.5 Å². The summed E-state index contributed by atoms with van der Waals surface area (Å²) in [6.45, 7) is 0. The van der Waals surface area contributed by atoms with E-state index in [1.807, 2.05) is 0 Å². The molecule has 3 rings (SSSR count). The molecule has 1 atom stereocenters. The van der Waals surface area contributed by atoms with Crippen molar-refractivity contribution in [1.82, 2.24) is 10.6 Å². The summed E-state index contributed by atoms with van der Waals surface area (Å²) >= 11 is 5.61. The largest absolute Gasteiger partial charge is 0.353 e. The topological polar surface area (TPSA) is 53.5 Å². The van der Waals surface area contributed by atoms with Crippen LogP contribution in [0.25, 0.3) is 0 Å². The van der Waals surface area contributed by atoms with Crippen LogP contribution >= 0.6 is 11.6 Å². The van der Waals surface area contributed by atoms with E-state index < -0.39 is 11.9 Å². The number of hydrogen-bond acceptors (Lipinski definition) is 3. The number of rotatable bonds is 2. The first-order valence-electron chi connectivity index (χ1n) is 5.73. The van der Waals surface area contributed by atoms with Gasteiger partial charge in [0.1, 0.15) is 5.82 Å². The Kier molecular flexibility index (Phi) is 2.70. The van der Waals surface area contributed by atoms with Crippen LogP contribution in [0.5, 0.6) is 0 Å². The molecule has 1 aromatic rings. The van der Waals surface area contributed by atoms with Gasteiger partial charge in [-0.1, -0.05) is 17.7 Å². The molecule has 0 saturated heterocycles. The normalized spacial score (nSPS) is 22.7. The number of nitrogens with zero attached hydrogens (tertiary/aromatic N) is 1. The molecule has 2 aliphatic rings. The highest BCUT2D eigenvalue weighted by molar-refractivity contribution is 6.30.